The van der Waals surface area contributed by atoms with Gasteiger partial charge in [-0.3, -0.25) is 4.79 Å². The maximum Gasteiger partial charge on any atom is 0.364 e. The number of hydrogen-bond acceptors (Lipinski definition) is 5. The number of carbonyl (C=O) groups excluding carboxylic acids is 1. The van der Waals surface area contributed by atoms with E-state index < -0.39 is 5.91 Å². The molecule has 2 aromatic rings. The molecule has 0 aromatic heterocycles. The van der Waals surface area contributed by atoms with Crippen LogP contribution in [0.15, 0.2) is 52.7 Å². The van der Waals surface area contributed by atoms with Crippen molar-refractivity contribution in [3.8, 4) is 11.5 Å². The molecule has 21 heavy (non-hydrogen) atoms. The summed E-state index contributed by atoms with van der Waals surface area (Å²) in [4.78, 5) is 15.1. The Morgan fingerprint density at radius 2 is 1.90 bits per heavy atom. The molecule has 0 unspecified atom stereocenters. The summed E-state index contributed by atoms with van der Waals surface area (Å²) < 4.78 is 0. The average Bonchev–Trinajstić information content (AvgIpc) is 2.47. The first-order valence-corrected chi connectivity index (χ1v) is 6.05. The number of carbonyl (C=O) groups is 1. The van der Waals surface area contributed by atoms with Gasteiger partial charge in [0.15, 0.2) is 6.54 Å². The van der Waals surface area contributed by atoms with Crippen LogP contribution in [0.1, 0.15) is 15.9 Å². The van der Waals surface area contributed by atoms with Gasteiger partial charge in [0, 0.05) is 11.3 Å². The molecule has 0 saturated carbocycles. The first-order chi connectivity index (χ1) is 10.1. The summed E-state index contributed by atoms with van der Waals surface area (Å²) in [6.45, 7) is 0.0896. The van der Waals surface area contributed by atoms with E-state index in [1.54, 1.807) is 18.2 Å². The van der Waals surface area contributed by atoms with Crippen LogP contribution in [-0.4, -0.2) is 16.1 Å². The molecule has 0 saturated heterocycles. The summed E-state index contributed by atoms with van der Waals surface area (Å²) >= 11 is 0. The molecule has 4 N–H and O–H groups in total. The van der Waals surface area contributed by atoms with Gasteiger partial charge in [-0.15, -0.1) is 0 Å². The Balaban J connectivity index is 2.10. The third kappa shape index (κ3) is 3.65. The van der Waals surface area contributed by atoms with Crippen LogP contribution in [0.3, 0.4) is 0 Å². The van der Waals surface area contributed by atoms with Gasteiger partial charge >= 0.3 is 5.91 Å². The van der Waals surface area contributed by atoms with Gasteiger partial charge in [-0.05, 0) is 24.3 Å². The highest BCUT2D eigenvalue weighted by Gasteiger charge is 2.15. The van der Waals surface area contributed by atoms with E-state index in [1.165, 1.54) is 24.3 Å². The molecule has 0 bridgehead atoms. The summed E-state index contributed by atoms with van der Waals surface area (Å²) in [6, 6.07) is 10.7. The smallest absolute Gasteiger partial charge is 0.364 e. The number of benzene rings is 2. The van der Waals surface area contributed by atoms with Crippen molar-refractivity contribution >= 4 is 11.6 Å². The molecule has 0 aliphatic carbocycles. The molecule has 0 heterocycles. The zero-order valence-corrected chi connectivity index (χ0v) is 11.0. The minimum absolute atomic E-state index is 0.0449. The van der Waals surface area contributed by atoms with Crippen LogP contribution in [0.5, 0.6) is 11.5 Å². The second-order valence-electron chi connectivity index (χ2n) is 4.20. The first-order valence-electron chi connectivity index (χ1n) is 6.05. The fraction of sp³-hybridized carbons (Fsp3) is 0.0714. The van der Waals surface area contributed by atoms with Gasteiger partial charge in [0.05, 0.1) is 5.56 Å². The Morgan fingerprint density at radius 3 is 2.67 bits per heavy atom. The van der Waals surface area contributed by atoms with Crippen molar-refractivity contribution in [2.45, 2.75) is 6.54 Å². The normalized spacial score (nSPS) is 9.71. The van der Waals surface area contributed by atoms with Crippen LogP contribution in [0.25, 0.3) is 0 Å². The van der Waals surface area contributed by atoms with Crippen molar-refractivity contribution in [1.82, 2.24) is 4.91 Å². The number of rotatable bonds is 3. The van der Waals surface area contributed by atoms with Gasteiger partial charge in [-0.2, -0.15) is 0 Å². The number of nitrogen functional groups attached to an aromatic ring is 1. The monoisotopic (exact) mass is 285 g/mol. The van der Waals surface area contributed by atoms with E-state index in [4.69, 9.17) is 5.73 Å². The van der Waals surface area contributed by atoms with Gasteiger partial charge in [0.2, 0.25) is 10.0 Å². The van der Waals surface area contributed by atoms with Crippen molar-refractivity contribution < 1.29 is 15.0 Å². The number of nitrogens with zero attached hydrogens (tertiary/aromatic N) is 3. The van der Waals surface area contributed by atoms with Crippen molar-refractivity contribution in [3.05, 3.63) is 53.6 Å². The topological polar surface area (TPSA) is 122 Å². The maximum absolute atomic E-state index is 11.7. The van der Waals surface area contributed by atoms with Gasteiger partial charge in [0.1, 0.15) is 16.6 Å². The molecule has 1 amide bonds. The quantitative estimate of drug-likeness (QED) is 0.345. The molecule has 7 heteroatoms. The van der Waals surface area contributed by atoms with Gasteiger partial charge in [0.25, 0.3) is 0 Å². The SMILES string of the molecule is Nc1ccc(O)c(C(=O)N=[N+]=NCc2ccccc2O)c1. The Kier molecular flexibility index (Phi) is 4.28. The number of phenolic OH excluding ortho intramolecular Hbond substituents is 2. The Hall–Kier alpha value is -3.18. The molecule has 0 atom stereocenters. The fourth-order valence-electron chi connectivity index (χ4n) is 1.60. The van der Waals surface area contributed by atoms with E-state index in [2.05, 4.69) is 15.1 Å². The number of anilines is 1. The molecule has 0 spiro atoms. The summed E-state index contributed by atoms with van der Waals surface area (Å²) in [5.41, 5.74) is 6.38. The zero-order valence-electron chi connectivity index (χ0n) is 11.0. The molecule has 0 radical (unpaired) electrons. The number of nitrogens with two attached hydrogens (primary N) is 1. The van der Waals surface area contributed by atoms with Crippen LogP contribution in [0, 0.1) is 0 Å². The second-order valence-corrected chi connectivity index (χ2v) is 4.20. The predicted octanol–water partition coefficient (Wildman–Crippen LogP) is 1.99. The molecule has 0 aliphatic rings. The summed E-state index contributed by atoms with van der Waals surface area (Å²) in [5, 5.41) is 26.1. The highest BCUT2D eigenvalue weighted by Crippen LogP contribution is 2.20. The van der Waals surface area contributed by atoms with E-state index in [0.29, 0.717) is 11.3 Å². The second kappa shape index (κ2) is 6.31. The third-order valence-electron chi connectivity index (χ3n) is 2.68. The van der Waals surface area contributed by atoms with Gasteiger partial charge in [-0.25, -0.2) is 0 Å². The lowest BCUT2D eigenvalue weighted by Gasteiger charge is -1.97. The first kappa shape index (κ1) is 14.2. The molecule has 0 fully saturated rings. The van der Waals surface area contributed by atoms with Crippen LogP contribution in [-0.2, 0) is 6.54 Å². The molecule has 2 rings (SSSR count). The number of hydrogen-bond donors (Lipinski definition) is 3. The minimum Gasteiger partial charge on any atom is -0.508 e. The lowest BCUT2D eigenvalue weighted by molar-refractivity contribution is 0.0990. The molecular formula is C14H13N4O3+. The number of para-hydroxylation sites is 1. The number of phenols is 2. The average molecular weight is 285 g/mol. The van der Waals surface area contributed by atoms with Crippen LogP contribution < -0.4 is 10.6 Å². The maximum atomic E-state index is 11.7. The van der Waals surface area contributed by atoms with Gasteiger partial charge < -0.3 is 15.9 Å². The fourth-order valence-corrected chi connectivity index (χ4v) is 1.60. The van der Waals surface area contributed by atoms with E-state index in [1.807, 2.05) is 0 Å². The molecule has 7 nitrogen and oxygen atoms in total. The van der Waals surface area contributed by atoms with Crippen molar-refractivity contribution in [2.75, 3.05) is 5.73 Å². The molecule has 2 aromatic carbocycles. The van der Waals surface area contributed by atoms with E-state index in [9.17, 15) is 15.0 Å². The zero-order chi connectivity index (χ0) is 15.2. The minimum atomic E-state index is -0.749. The van der Waals surface area contributed by atoms with E-state index >= 15 is 0 Å². The summed E-state index contributed by atoms with van der Waals surface area (Å²) in [5.74, 6) is -0.883. The molecule has 106 valence electrons. The van der Waals surface area contributed by atoms with Crippen molar-refractivity contribution in [3.63, 3.8) is 0 Å². The van der Waals surface area contributed by atoms with Crippen LogP contribution in [0.4, 0.5) is 5.69 Å². The Labute approximate surface area is 120 Å². The molecular weight excluding hydrogens is 272 g/mol. The van der Waals surface area contributed by atoms with E-state index in [-0.39, 0.29) is 23.6 Å². The van der Waals surface area contributed by atoms with Crippen molar-refractivity contribution in [2.24, 2.45) is 10.2 Å². The standard InChI is InChI=1S/C14H12N4O3/c15-10-5-6-13(20)11(7-10)14(21)17-18-16-8-9-3-1-2-4-12(9)19/h1-7,15H,8H2,(H2,16,17,19,21)/p+1. The summed E-state index contributed by atoms with van der Waals surface area (Å²) in [6.07, 6.45) is 0. The summed E-state index contributed by atoms with van der Waals surface area (Å²) in [7, 11) is 0. The lowest BCUT2D eigenvalue weighted by atomic mass is 10.2. The highest BCUT2D eigenvalue weighted by molar-refractivity contribution is 5.97. The predicted molar refractivity (Wildman–Crippen MR) is 75.7 cm³/mol. The largest absolute Gasteiger partial charge is 0.508 e. The third-order valence-corrected chi connectivity index (χ3v) is 2.68. The highest BCUT2D eigenvalue weighted by atomic mass is 16.3. The van der Waals surface area contributed by atoms with Gasteiger partial charge in [-0.1, -0.05) is 18.2 Å². The molecule has 0 aliphatic heterocycles. The van der Waals surface area contributed by atoms with E-state index in [0.717, 1.165) is 0 Å². The van der Waals surface area contributed by atoms with Crippen LogP contribution in [0.2, 0.25) is 0 Å². The Morgan fingerprint density at radius 1 is 1.14 bits per heavy atom. The van der Waals surface area contributed by atoms with Crippen molar-refractivity contribution in [1.29, 1.82) is 0 Å². The Bertz CT molecular complexity index is 737. The number of aromatic hydroxyl groups is 2. The number of amides is 1. The lowest BCUT2D eigenvalue weighted by Crippen LogP contribution is -1.97. The van der Waals surface area contributed by atoms with Crippen LogP contribution >= 0.6 is 0 Å².